The molecule has 0 aliphatic carbocycles. The maximum absolute atomic E-state index is 12.0. The zero-order valence-corrected chi connectivity index (χ0v) is 11.5. The number of aliphatic hydroxyl groups is 1. The van der Waals surface area contributed by atoms with Gasteiger partial charge in [0.05, 0.1) is 6.61 Å². The highest BCUT2D eigenvalue weighted by Crippen LogP contribution is 2.17. The van der Waals surface area contributed by atoms with E-state index in [4.69, 9.17) is 15.6 Å². The molecule has 0 radical (unpaired) electrons. The predicted octanol–water partition coefficient (Wildman–Crippen LogP) is 0.753. The second-order valence-corrected chi connectivity index (χ2v) is 4.51. The average Bonchev–Trinajstić information content (AvgIpc) is 2.42. The summed E-state index contributed by atoms with van der Waals surface area (Å²) in [5.74, 6) is 0.488. The van der Waals surface area contributed by atoms with Crippen molar-refractivity contribution in [1.29, 1.82) is 0 Å². The van der Waals surface area contributed by atoms with Crippen LogP contribution in [0.25, 0.3) is 0 Å². The highest BCUT2D eigenvalue weighted by atomic mass is 16.5. The number of rotatable bonds is 7. The van der Waals surface area contributed by atoms with E-state index < -0.39 is 0 Å². The van der Waals surface area contributed by atoms with Crippen molar-refractivity contribution in [2.75, 3.05) is 19.8 Å². The minimum absolute atomic E-state index is 0.0352. The van der Waals surface area contributed by atoms with Gasteiger partial charge in [0.15, 0.2) is 6.61 Å². The molecule has 0 aromatic heterocycles. The van der Waals surface area contributed by atoms with Gasteiger partial charge in [0, 0.05) is 24.7 Å². The number of benzene rings is 1. The molecule has 1 aromatic carbocycles. The van der Waals surface area contributed by atoms with Gasteiger partial charge in [-0.15, -0.1) is 0 Å². The van der Waals surface area contributed by atoms with Crippen LogP contribution >= 0.6 is 0 Å². The molecule has 0 aliphatic rings. The predicted molar refractivity (Wildman–Crippen MR) is 73.8 cm³/mol. The third-order valence-corrected chi connectivity index (χ3v) is 2.83. The molecular weight excluding hydrogens is 244 g/mol. The normalized spacial score (nSPS) is 10.6. The Bertz CT molecular complexity index is 407. The van der Waals surface area contributed by atoms with Crippen molar-refractivity contribution in [2.24, 2.45) is 5.73 Å². The summed E-state index contributed by atoms with van der Waals surface area (Å²) in [6.45, 7) is 4.40. The molecule has 0 bridgehead atoms. The standard InChI is InChI=1S/C14H22N2O3/c1-11(2)16(7-8-17)14(18)10-19-13-6-4-3-5-12(13)9-15/h3-6,11,17H,7-10,15H2,1-2H3. The lowest BCUT2D eigenvalue weighted by Gasteiger charge is -2.26. The highest BCUT2D eigenvalue weighted by Gasteiger charge is 2.17. The molecule has 1 rings (SSSR count). The van der Waals surface area contributed by atoms with Crippen molar-refractivity contribution in [3.63, 3.8) is 0 Å². The van der Waals surface area contributed by atoms with Gasteiger partial charge in [0.25, 0.3) is 5.91 Å². The molecule has 5 heteroatoms. The smallest absolute Gasteiger partial charge is 0.260 e. The Hall–Kier alpha value is -1.59. The highest BCUT2D eigenvalue weighted by molar-refractivity contribution is 5.78. The number of nitrogens with zero attached hydrogens (tertiary/aromatic N) is 1. The molecular formula is C14H22N2O3. The molecule has 0 unspecified atom stereocenters. The first-order chi connectivity index (χ1) is 9.10. The number of amides is 1. The summed E-state index contributed by atoms with van der Waals surface area (Å²) in [5, 5.41) is 8.95. The SMILES string of the molecule is CC(C)N(CCO)C(=O)COc1ccccc1CN. The van der Waals surface area contributed by atoms with E-state index in [-0.39, 0.29) is 25.2 Å². The summed E-state index contributed by atoms with van der Waals surface area (Å²) in [7, 11) is 0. The first-order valence-corrected chi connectivity index (χ1v) is 6.41. The van der Waals surface area contributed by atoms with Crippen molar-refractivity contribution >= 4 is 5.91 Å². The van der Waals surface area contributed by atoms with Gasteiger partial charge in [-0.1, -0.05) is 18.2 Å². The van der Waals surface area contributed by atoms with Gasteiger partial charge in [-0.2, -0.15) is 0 Å². The Balaban J connectivity index is 2.62. The van der Waals surface area contributed by atoms with E-state index >= 15 is 0 Å². The summed E-state index contributed by atoms with van der Waals surface area (Å²) in [5.41, 5.74) is 6.47. The topological polar surface area (TPSA) is 75.8 Å². The van der Waals surface area contributed by atoms with Gasteiger partial charge in [0.1, 0.15) is 5.75 Å². The molecule has 0 saturated carbocycles. The quantitative estimate of drug-likeness (QED) is 0.763. The number of aliphatic hydroxyl groups excluding tert-OH is 1. The van der Waals surface area contributed by atoms with Crippen molar-refractivity contribution in [2.45, 2.75) is 26.4 Å². The van der Waals surface area contributed by atoms with Crippen LogP contribution in [0.15, 0.2) is 24.3 Å². The van der Waals surface area contributed by atoms with Gasteiger partial charge < -0.3 is 20.5 Å². The molecule has 0 fully saturated rings. The number of carbonyl (C=O) groups is 1. The van der Waals surface area contributed by atoms with Gasteiger partial charge in [0.2, 0.25) is 0 Å². The van der Waals surface area contributed by atoms with Crippen molar-refractivity contribution < 1.29 is 14.6 Å². The lowest BCUT2D eigenvalue weighted by molar-refractivity contribution is -0.135. The third-order valence-electron chi connectivity index (χ3n) is 2.83. The van der Waals surface area contributed by atoms with E-state index in [0.29, 0.717) is 18.8 Å². The Labute approximate surface area is 114 Å². The largest absolute Gasteiger partial charge is 0.483 e. The van der Waals surface area contributed by atoms with Crippen LogP contribution in [0, 0.1) is 0 Å². The van der Waals surface area contributed by atoms with Crippen LogP contribution in [0.1, 0.15) is 19.4 Å². The zero-order chi connectivity index (χ0) is 14.3. The second kappa shape index (κ2) is 7.76. The van der Waals surface area contributed by atoms with Gasteiger partial charge >= 0.3 is 0 Å². The van der Waals surface area contributed by atoms with Crippen LogP contribution in [0.5, 0.6) is 5.75 Å². The van der Waals surface area contributed by atoms with E-state index in [0.717, 1.165) is 5.56 Å². The monoisotopic (exact) mass is 266 g/mol. The summed E-state index contributed by atoms with van der Waals surface area (Å²) < 4.78 is 5.51. The minimum Gasteiger partial charge on any atom is -0.483 e. The van der Waals surface area contributed by atoms with Gasteiger partial charge in [-0.05, 0) is 19.9 Å². The summed E-state index contributed by atoms with van der Waals surface area (Å²) >= 11 is 0. The summed E-state index contributed by atoms with van der Waals surface area (Å²) in [4.78, 5) is 13.6. The average molecular weight is 266 g/mol. The summed E-state index contributed by atoms with van der Waals surface area (Å²) in [6.07, 6.45) is 0. The fraction of sp³-hybridized carbons (Fsp3) is 0.500. The third kappa shape index (κ3) is 4.54. The van der Waals surface area contributed by atoms with Crippen LogP contribution in [0.2, 0.25) is 0 Å². The first kappa shape index (κ1) is 15.5. The maximum atomic E-state index is 12.0. The van der Waals surface area contributed by atoms with E-state index in [2.05, 4.69) is 0 Å². The van der Waals surface area contributed by atoms with Crippen LogP contribution in [-0.4, -0.2) is 41.7 Å². The lowest BCUT2D eigenvalue weighted by Crippen LogP contribution is -2.41. The van der Waals surface area contributed by atoms with Gasteiger partial charge in [-0.3, -0.25) is 4.79 Å². The summed E-state index contributed by atoms with van der Waals surface area (Å²) in [6, 6.07) is 7.42. The fourth-order valence-electron chi connectivity index (χ4n) is 1.81. The number of nitrogens with two attached hydrogens (primary N) is 1. The molecule has 106 valence electrons. The molecule has 1 aromatic rings. The Morgan fingerprint density at radius 1 is 1.42 bits per heavy atom. The molecule has 19 heavy (non-hydrogen) atoms. The molecule has 5 nitrogen and oxygen atoms in total. The molecule has 0 aliphatic heterocycles. The van der Waals surface area contributed by atoms with Crippen LogP contribution in [0.3, 0.4) is 0 Å². The Morgan fingerprint density at radius 3 is 2.68 bits per heavy atom. The Kier molecular flexibility index (Phi) is 6.32. The van der Waals surface area contributed by atoms with Crippen molar-refractivity contribution in [3.8, 4) is 5.75 Å². The maximum Gasteiger partial charge on any atom is 0.260 e. The molecule has 0 atom stereocenters. The van der Waals surface area contributed by atoms with Crippen molar-refractivity contribution in [1.82, 2.24) is 4.90 Å². The lowest BCUT2D eigenvalue weighted by atomic mass is 10.2. The van der Waals surface area contributed by atoms with Crippen LogP contribution < -0.4 is 10.5 Å². The molecule has 0 saturated heterocycles. The van der Waals surface area contributed by atoms with E-state index in [9.17, 15) is 4.79 Å². The molecule has 1 amide bonds. The number of carbonyl (C=O) groups excluding carboxylic acids is 1. The second-order valence-electron chi connectivity index (χ2n) is 4.51. The van der Waals surface area contributed by atoms with Gasteiger partial charge in [-0.25, -0.2) is 0 Å². The van der Waals surface area contributed by atoms with E-state index in [1.165, 1.54) is 0 Å². The van der Waals surface area contributed by atoms with Crippen molar-refractivity contribution in [3.05, 3.63) is 29.8 Å². The van der Waals surface area contributed by atoms with E-state index in [1.54, 1.807) is 11.0 Å². The minimum atomic E-state index is -0.143. The van der Waals surface area contributed by atoms with Crippen LogP contribution in [-0.2, 0) is 11.3 Å². The molecule has 3 N–H and O–H groups in total. The number of ether oxygens (including phenoxy) is 1. The van der Waals surface area contributed by atoms with Crippen LogP contribution in [0.4, 0.5) is 0 Å². The molecule has 0 spiro atoms. The number of para-hydroxylation sites is 1. The number of hydrogen-bond acceptors (Lipinski definition) is 4. The fourth-order valence-corrected chi connectivity index (χ4v) is 1.81. The zero-order valence-electron chi connectivity index (χ0n) is 11.5. The van der Waals surface area contributed by atoms with E-state index in [1.807, 2.05) is 32.0 Å². The first-order valence-electron chi connectivity index (χ1n) is 6.41. The number of hydrogen-bond donors (Lipinski definition) is 2. The Morgan fingerprint density at radius 2 is 2.11 bits per heavy atom. The molecule has 0 heterocycles.